The van der Waals surface area contributed by atoms with E-state index in [0.29, 0.717) is 30.3 Å². The number of carbonyl (C=O) groups is 1. The maximum Gasteiger partial charge on any atom is 0.338 e. The van der Waals surface area contributed by atoms with Crippen molar-refractivity contribution in [2.75, 3.05) is 13.7 Å². The van der Waals surface area contributed by atoms with E-state index >= 15 is 0 Å². The average molecular weight is 462 g/mol. The largest absolute Gasteiger partial charge is 0.493 e. The normalized spacial score (nSPS) is 10.6. The van der Waals surface area contributed by atoms with Crippen LogP contribution in [0, 0.1) is 3.57 Å². The first-order valence-electron chi connectivity index (χ1n) is 8.28. The molecule has 4 nitrogen and oxygen atoms in total. The summed E-state index contributed by atoms with van der Waals surface area (Å²) in [4.78, 5) is 12.0. The summed E-state index contributed by atoms with van der Waals surface area (Å²) in [5.41, 5.74) is 1.54. The fourth-order valence-electron chi connectivity index (χ4n) is 2.76. The molecule has 3 aromatic rings. The molecular formula is C21H19IO4. The van der Waals surface area contributed by atoms with E-state index < -0.39 is 0 Å². The zero-order chi connectivity index (χ0) is 18.5. The van der Waals surface area contributed by atoms with E-state index in [1.165, 1.54) is 5.39 Å². The van der Waals surface area contributed by atoms with Gasteiger partial charge < -0.3 is 14.2 Å². The molecule has 0 aromatic heterocycles. The maximum atomic E-state index is 12.0. The van der Waals surface area contributed by atoms with Crippen LogP contribution in [0.25, 0.3) is 10.8 Å². The fraction of sp³-hybridized carbons (Fsp3) is 0.190. The molecule has 3 rings (SSSR count). The summed E-state index contributed by atoms with van der Waals surface area (Å²) in [6.45, 7) is 2.52. The van der Waals surface area contributed by atoms with Crippen molar-refractivity contribution in [2.24, 2.45) is 0 Å². The topological polar surface area (TPSA) is 44.8 Å². The average Bonchev–Trinajstić information content (AvgIpc) is 2.66. The molecule has 0 radical (unpaired) electrons. The van der Waals surface area contributed by atoms with Gasteiger partial charge in [-0.3, -0.25) is 0 Å². The third kappa shape index (κ3) is 3.93. The molecule has 0 saturated carbocycles. The Balaban J connectivity index is 1.88. The molecule has 0 bridgehead atoms. The van der Waals surface area contributed by atoms with Gasteiger partial charge in [0.15, 0.2) is 11.5 Å². The van der Waals surface area contributed by atoms with Gasteiger partial charge in [-0.1, -0.05) is 42.5 Å². The third-order valence-electron chi connectivity index (χ3n) is 3.99. The highest BCUT2D eigenvalue weighted by Crippen LogP contribution is 2.35. The molecule has 0 aliphatic heterocycles. The molecule has 0 unspecified atom stereocenters. The van der Waals surface area contributed by atoms with Gasteiger partial charge in [0.05, 0.1) is 22.9 Å². The van der Waals surface area contributed by atoms with Crippen LogP contribution in [-0.2, 0) is 11.3 Å². The van der Waals surface area contributed by atoms with Gasteiger partial charge in [-0.25, -0.2) is 4.79 Å². The summed E-state index contributed by atoms with van der Waals surface area (Å²) < 4.78 is 17.4. The van der Waals surface area contributed by atoms with Crippen molar-refractivity contribution >= 4 is 39.3 Å². The van der Waals surface area contributed by atoms with Crippen molar-refractivity contribution in [3.63, 3.8) is 0 Å². The molecule has 134 valence electrons. The van der Waals surface area contributed by atoms with E-state index in [0.717, 1.165) is 14.5 Å². The number of methoxy groups -OCH3 is 1. The molecule has 0 heterocycles. The van der Waals surface area contributed by atoms with Crippen LogP contribution in [0.1, 0.15) is 22.8 Å². The van der Waals surface area contributed by atoms with E-state index in [1.807, 2.05) is 18.2 Å². The minimum Gasteiger partial charge on any atom is -0.493 e. The van der Waals surface area contributed by atoms with E-state index in [2.05, 4.69) is 46.9 Å². The minimum absolute atomic E-state index is 0.330. The highest BCUT2D eigenvalue weighted by Gasteiger charge is 2.16. The Morgan fingerprint density at radius 3 is 2.62 bits per heavy atom. The molecule has 0 saturated heterocycles. The SMILES string of the molecule is CCOC(=O)c1cc(I)c(OCc2cccc3ccccc23)c(OC)c1. The number of hydrogen-bond donors (Lipinski definition) is 0. The van der Waals surface area contributed by atoms with E-state index in [-0.39, 0.29) is 5.97 Å². The monoisotopic (exact) mass is 462 g/mol. The van der Waals surface area contributed by atoms with Crippen LogP contribution in [0.2, 0.25) is 0 Å². The quantitative estimate of drug-likeness (QED) is 0.373. The van der Waals surface area contributed by atoms with Gasteiger partial charge >= 0.3 is 5.97 Å². The number of carbonyl (C=O) groups excluding carboxylic acids is 1. The standard InChI is InChI=1S/C21H19IO4/c1-3-25-21(23)16-11-18(22)20(19(12-16)24-2)26-13-15-9-6-8-14-7-4-5-10-17(14)15/h4-12H,3,13H2,1-2H3. The number of fused-ring (bicyclic) bond motifs is 1. The molecule has 0 spiro atoms. The molecule has 0 atom stereocenters. The Kier molecular flexibility index (Phi) is 5.98. The molecule has 0 aliphatic carbocycles. The second-order valence-electron chi connectivity index (χ2n) is 5.64. The predicted octanol–water partition coefficient (Wildman–Crippen LogP) is 5.21. The summed E-state index contributed by atoms with van der Waals surface area (Å²) in [6, 6.07) is 17.8. The van der Waals surface area contributed by atoms with Gasteiger partial charge in [0.2, 0.25) is 0 Å². The zero-order valence-corrected chi connectivity index (χ0v) is 16.8. The summed E-state index contributed by atoms with van der Waals surface area (Å²) >= 11 is 2.14. The fourth-order valence-corrected chi connectivity index (χ4v) is 3.52. The third-order valence-corrected chi connectivity index (χ3v) is 4.79. The smallest absolute Gasteiger partial charge is 0.338 e. The van der Waals surface area contributed by atoms with Gasteiger partial charge in [0.25, 0.3) is 0 Å². The number of rotatable bonds is 6. The second-order valence-corrected chi connectivity index (χ2v) is 6.80. The van der Waals surface area contributed by atoms with E-state index in [9.17, 15) is 4.79 Å². The Morgan fingerprint density at radius 2 is 1.85 bits per heavy atom. The van der Waals surface area contributed by atoms with Crippen molar-refractivity contribution in [3.8, 4) is 11.5 Å². The first kappa shape index (κ1) is 18.5. The number of hydrogen-bond acceptors (Lipinski definition) is 4. The van der Waals surface area contributed by atoms with Crippen molar-refractivity contribution < 1.29 is 19.0 Å². The number of ether oxygens (including phenoxy) is 3. The van der Waals surface area contributed by atoms with Gasteiger partial charge in [0, 0.05) is 0 Å². The summed E-state index contributed by atoms with van der Waals surface area (Å²) in [6.07, 6.45) is 0. The molecule has 0 amide bonds. The van der Waals surface area contributed by atoms with Crippen molar-refractivity contribution in [1.29, 1.82) is 0 Å². The van der Waals surface area contributed by atoms with Crippen LogP contribution in [0.4, 0.5) is 0 Å². The van der Waals surface area contributed by atoms with Crippen LogP contribution >= 0.6 is 22.6 Å². The lowest BCUT2D eigenvalue weighted by molar-refractivity contribution is 0.0525. The number of esters is 1. The molecule has 3 aromatic carbocycles. The second kappa shape index (κ2) is 8.40. The molecule has 0 N–H and O–H groups in total. The molecular weight excluding hydrogens is 443 g/mol. The summed E-state index contributed by atoms with van der Waals surface area (Å²) in [5.74, 6) is 0.763. The molecule has 0 aliphatic rings. The molecule has 5 heteroatoms. The Bertz CT molecular complexity index is 931. The van der Waals surface area contributed by atoms with Gasteiger partial charge in [0.1, 0.15) is 6.61 Å². The van der Waals surface area contributed by atoms with Crippen LogP contribution in [0.3, 0.4) is 0 Å². The van der Waals surface area contributed by atoms with Gasteiger partial charge in [-0.05, 0) is 58.0 Å². The zero-order valence-electron chi connectivity index (χ0n) is 14.6. The Hall–Kier alpha value is -2.28. The lowest BCUT2D eigenvalue weighted by Crippen LogP contribution is -2.07. The minimum atomic E-state index is -0.371. The van der Waals surface area contributed by atoms with Gasteiger partial charge in [-0.2, -0.15) is 0 Å². The number of halogens is 1. The lowest BCUT2D eigenvalue weighted by Gasteiger charge is -2.15. The van der Waals surface area contributed by atoms with Gasteiger partial charge in [-0.15, -0.1) is 0 Å². The molecule has 26 heavy (non-hydrogen) atoms. The van der Waals surface area contributed by atoms with Crippen LogP contribution < -0.4 is 9.47 Å². The van der Waals surface area contributed by atoms with Crippen LogP contribution in [-0.4, -0.2) is 19.7 Å². The number of benzene rings is 3. The maximum absolute atomic E-state index is 12.0. The van der Waals surface area contributed by atoms with Crippen LogP contribution in [0.5, 0.6) is 11.5 Å². The Labute approximate surface area is 166 Å². The highest BCUT2D eigenvalue weighted by molar-refractivity contribution is 14.1. The van der Waals surface area contributed by atoms with E-state index in [4.69, 9.17) is 14.2 Å². The molecule has 0 fully saturated rings. The first-order valence-corrected chi connectivity index (χ1v) is 9.36. The predicted molar refractivity (Wildman–Crippen MR) is 110 cm³/mol. The summed E-state index contributed by atoms with van der Waals surface area (Å²) in [7, 11) is 1.56. The first-order chi connectivity index (χ1) is 12.6. The van der Waals surface area contributed by atoms with Crippen LogP contribution in [0.15, 0.2) is 54.6 Å². The van der Waals surface area contributed by atoms with Crippen molar-refractivity contribution in [2.45, 2.75) is 13.5 Å². The highest BCUT2D eigenvalue weighted by atomic mass is 127. The van der Waals surface area contributed by atoms with Crippen molar-refractivity contribution in [1.82, 2.24) is 0 Å². The Morgan fingerprint density at radius 1 is 1.08 bits per heavy atom. The van der Waals surface area contributed by atoms with E-state index in [1.54, 1.807) is 26.2 Å². The lowest BCUT2D eigenvalue weighted by atomic mass is 10.1. The van der Waals surface area contributed by atoms with Crippen molar-refractivity contribution in [3.05, 3.63) is 69.3 Å². The summed E-state index contributed by atoms with van der Waals surface area (Å²) in [5, 5.41) is 2.33.